The lowest BCUT2D eigenvalue weighted by molar-refractivity contribution is -0.136. The van der Waals surface area contributed by atoms with E-state index in [2.05, 4.69) is 4.74 Å². The van der Waals surface area contributed by atoms with Gasteiger partial charge in [-0.15, -0.1) is 0 Å². The van der Waals surface area contributed by atoms with Gasteiger partial charge in [-0.3, -0.25) is 9.59 Å². The maximum absolute atomic E-state index is 11.3. The van der Waals surface area contributed by atoms with E-state index in [9.17, 15) is 9.59 Å². The number of para-hydroxylation sites is 1. The molecule has 1 aromatic carbocycles. The van der Waals surface area contributed by atoms with E-state index < -0.39 is 11.9 Å². The highest BCUT2D eigenvalue weighted by Gasteiger charge is 2.16. The molecule has 0 amide bonds. The lowest BCUT2D eigenvalue weighted by atomic mass is 10.2. The van der Waals surface area contributed by atoms with Crippen LogP contribution in [-0.4, -0.2) is 31.9 Å². The lowest BCUT2D eigenvalue weighted by Gasteiger charge is -2.08. The molecular formula is C11H12O4. The highest BCUT2D eigenvalue weighted by Crippen LogP contribution is 2.08. The molecule has 1 rings (SSSR count). The molecule has 1 aromatic rings. The van der Waals surface area contributed by atoms with Crippen molar-refractivity contribution in [3.8, 4) is 5.75 Å². The molecule has 0 spiro atoms. The average molecular weight is 208 g/mol. The van der Waals surface area contributed by atoms with Gasteiger partial charge in [0.05, 0.1) is 0 Å². The number of carbonyl (C=O) groups is 2. The van der Waals surface area contributed by atoms with Crippen LogP contribution in [0.2, 0.25) is 0 Å². The quantitative estimate of drug-likeness (QED) is 0.513. The lowest BCUT2D eigenvalue weighted by Crippen LogP contribution is -2.29. The summed E-state index contributed by atoms with van der Waals surface area (Å²) in [6.45, 7) is -0.165. The van der Waals surface area contributed by atoms with Gasteiger partial charge in [-0.2, -0.15) is 0 Å². The third-order valence-electron chi connectivity index (χ3n) is 1.82. The van der Waals surface area contributed by atoms with Crippen molar-refractivity contribution in [3.63, 3.8) is 0 Å². The maximum Gasteiger partial charge on any atom is 0.206 e. The molecule has 0 aliphatic carbocycles. The van der Waals surface area contributed by atoms with E-state index in [1.807, 2.05) is 6.07 Å². The molecular weight excluding hydrogens is 196 g/mol. The standard InChI is InChI=1S/C11H12O4/c1-14-11(7-12)10(13)8-15-9-5-3-2-4-6-9/h2-7,11H,8H2,1H3. The minimum absolute atomic E-state index is 0.165. The normalized spacial score (nSPS) is 11.8. The van der Waals surface area contributed by atoms with Gasteiger partial charge in [0, 0.05) is 7.11 Å². The Bertz CT molecular complexity index is 321. The van der Waals surface area contributed by atoms with Crippen LogP contribution in [0, 0.1) is 0 Å². The number of ether oxygens (including phenoxy) is 2. The summed E-state index contributed by atoms with van der Waals surface area (Å²) in [4.78, 5) is 21.7. The topological polar surface area (TPSA) is 52.6 Å². The summed E-state index contributed by atoms with van der Waals surface area (Å²) in [7, 11) is 1.31. The number of aldehydes is 1. The summed E-state index contributed by atoms with van der Waals surface area (Å²) < 4.78 is 9.82. The Balaban J connectivity index is 2.44. The molecule has 0 fully saturated rings. The van der Waals surface area contributed by atoms with Gasteiger partial charge < -0.3 is 9.47 Å². The third kappa shape index (κ3) is 3.52. The summed E-state index contributed by atoms with van der Waals surface area (Å²) in [5.74, 6) is 0.197. The zero-order valence-electron chi connectivity index (χ0n) is 8.38. The van der Waals surface area contributed by atoms with Crippen molar-refractivity contribution in [3.05, 3.63) is 30.3 Å². The smallest absolute Gasteiger partial charge is 0.206 e. The van der Waals surface area contributed by atoms with Crippen molar-refractivity contribution in [2.45, 2.75) is 6.10 Å². The van der Waals surface area contributed by atoms with E-state index in [1.165, 1.54) is 7.11 Å². The van der Waals surface area contributed by atoms with Gasteiger partial charge in [-0.1, -0.05) is 18.2 Å². The Hall–Kier alpha value is -1.68. The Kier molecular flexibility index (Phi) is 4.50. The molecule has 0 heterocycles. The fraction of sp³-hybridized carbons (Fsp3) is 0.273. The first-order valence-corrected chi connectivity index (χ1v) is 4.46. The van der Waals surface area contributed by atoms with Crippen LogP contribution in [0.3, 0.4) is 0 Å². The average Bonchev–Trinajstić information content (AvgIpc) is 2.29. The van der Waals surface area contributed by atoms with Gasteiger partial charge >= 0.3 is 0 Å². The van der Waals surface area contributed by atoms with E-state index in [-0.39, 0.29) is 6.61 Å². The van der Waals surface area contributed by atoms with Gasteiger partial charge in [0.1, 0.15) is 12.4 Å². The van der Waals surface area contributed by atoms with Crippen LogP contribution in [0.5, 0.6) is 5.75 Å². The van der Waals surface area contributed by atoms with Crippen molar-refractivity contribution < 1.29 is 19.1 Å². The molecule has 0 bridgehead atoms. The summed E-state index contributed by atoms with van der Waals surface area (Å²) in [5, 5.41) is 0. The minimum atomic E-state index is -1.03. The summed E-state index contributed by atoms with van der Waals surface area (Å²) in [6.07, 6.45) is -0.579. The maximum atomic E-state index is 11.3. The minimum Gasteiger partial charge on any atom is -0.486 e. The summed E-state index contributed by atoms with van der Waals surface area (Å²) >= 11 is 0. The molecule has 4 nitrogen and oxygen atoms in total. The van der Waals surface area contributed by atoms with Gasteiger partial charge in [0.2, 0.25) is 5.78 Å². The number of Topliss-reactive ketones (excluding diaryl/α,β-unsaturated/α-hetero) is 1. The Morgan fingerprint density at radius 3 is 2.60 bits per heavy atom. The zero-order valence-corrected chi connectivity index (χ0v) is 8.38. The van der Waals surface area contributed by atoms with Crippen molar-refractivity contribution >= 4 is 12.1 Å². The highest BCUT2D eigenvalue weighted by atomic mass is 16.5. The van der Waals surface area contributed by atoms with Gasteiger partial charge in [0.15, 0.2) is 12.4 Å². The van der Waals surface area contributed by atoms with Gasteiger partial charge in [-0.25, -0.2) is 0 Å². The van der Waals surface area contributed by atoms with E-state index in [0.717, 1.165) is 0 Å². The van der Waals surface area contributed by atoms with Crippen molar-refractivity contribution in [1.82, 2.24) is 0 Å². The van der Waals surface area contributed by atoms with Crippen molar-refractivity contribution in [1.29, 1.82) is 0 Å². The number of ketones is 1. The predicted molar refractivity (Wildman–Crippen MR) is 53.8 cm³/mol. The van der Waals surface area contributed by atoms with Crippen LogP contribution in [0.4, 0.5) is 0 Å². The SMILES string of the molecule is COC(C=O)C(=O)COc1ccccc1. The largest absolute Gasteiger partial charge is 0.486 e. The molecule has 0 N–H and O–H groups in total. The monoisotopic (exact) mass is 208 g/mol. The Morgan fingerprint density at radius 1 is 1.40 bits per heavy atom. The number of methoxy groups -OCH3 is 1. The number of rotatable bonds is 6. The van der Waals surface area contributed by atoms with Crippen LogP contribution in [0.25, 0.3) is 0 Å². The molecule has 1 atom stereocenters. The molecule has 4 heteroatoms. The molecule has 0 aromatic heterocycles. The number of benzene rings is 1. The van der Waals surface area contributed by atoms with Crippen LogP contribution < -0.4 is 4.74 Å². The van der Waals surface area contributed by atoms with Crippen molar-refractivity contribution in [2.24, 2.45) is 0 Å². The van der Waals surface area contributed by atoms with E-state index in [1.54, 1.807) is 24.3 Å². The molecule has 0 saturated carbocycles. The Labute approximate surface area is 87.8 Å². The molecule has 0 aliphatic rings. The zero-order chi connectivity index (χ0) is 11.1. The fourth-order valence-electron chi connectivity index (χ4n) is 1.02. The van der Waals surface area contributed by atoms with Crippen molar-refractivity contribution in [2.75, 3.05) is 13.7 Å². The number of carbonyl (C=O) groups excluding carboxylic acids is 2. The predicted octanol–water partition coefficient (Wildman–Crippen LogP) is 0.848. The summed E-state index contributed by atoms with van der Waals surface area (Å²) in [6, 6.07) is 8.91. The molecule has 15 heavy (non-hydrogen) atoms. The molecule has 0 aliphatic heterocycles. The molecule has 0 radical (unpaired) electrons. The third-order valence-corrected chi connectivity index (χ3v) is 1.82. The Morgan fingerprint density at radius 2 is 2.07 bits per heavy atom. The van der Waals surface area contributed by atoms with Crippen LogP contribution >= 0.6 is 0 Å². The first-order valence-electron chi connectivity index (χ1n) is 4.46. The fourth-order valence-corrected chi connectivity index (χ4v) is 1.02. The second-order valence-corrected chi connectivity index (χ2v) is 2.86. The number of hydrogen-bond donors (Lipinski definition) is 0. The van der Waals surface area contributed by atoms with E-state index >= 15 is 0 Å². The first kappa shape index (κ1) is 11.4. The molecule has 80 valence electrons. The number of hydrogen-bond acceptors (Lipinski definition) is 4. The molecule has 1 unspecified atom stereocenters. The highest BCUT2D eigenvalue weighted by molar-refractivity contribution is 5.97. The van der Waals surface area contributed by atoms with E-state index in [0.29, 0.717) is 12.0 Å². The van der Waals surface area contributed by atoms with Crippen LogP contribution in [0.15, 0.2) is 30.3 Å². The second-order valence-electron chi connectivity index (χ2n) is 2.86. The van der Waals surface area contributed by atoms with Crippen LogP contribution in [-0.2, 0) is 14.3 Å². The first-order chi connectivity index (χ1) is 7.27. The van der Waals surface area contributed by atoms with Crippen LogP contribution in [0.1, 0.15) is 0 Å². The van der Waals surface area contributed by atoms with Gasteiger partial charge in [-0.05, 0) is 12.1 Å². The molecule has 0 saturated heterocycles. The van der Waals surface area contributed by atoms with E-state index in [4.69, 9.17) is 4.74 Å². The second kappa shape index (κ2) is 5.93. The summed E-state index contributed by atoms with van der Waals surface area (Å²) in [5.41, 5.74) is 0. The van der Waals surface area contributed by atoms with Gasteiger partial charge in [0.25, 0.3) is 0 Å².